The van der Waals surface area contributed by atoms with Crippen LogP contribution in [0.25, 0.3) is 11.4 Å². The van der Waals surface area contributed by atoms with Crippen LogP contribution in [0.3, 0.4) is 0 Å². The van der Waals surface area contributed by atoms with Crippen LogP contribution in [0.2, 0.25) is 0 Å². The van der Waals surface area contributed by atoms with E-state index in [0.29, 0.717) is 11.7 Å². The van der Waals surface area contributed by atoms with Gasteiger partial charge in [-0.1, -0.05) is 13.3 Å². The van der Waals surface area contributed by atoms with Gasteiger partial charge in [0, 0.05) is 25.7 Å². The summed E-state index contributed by atoms with van der Waals surface area (Å²) >= 11 is 0. The van der Waals surface area contributed by atoms with Crippen LogP contribution in [0.1, 0.15) is 18.9 Å². The molecule has 0 aliphatic heterocycles. The van der Waals surface area contributed by atoms with E-state index in [4.69, 9.17) is 10.5 Å². The summed E-state index contributed by atoms with van der Waals surface area (Å²) < 4.78 is 8.60. The van der Waals surface area contributed by atoms with Crippen molar-refractivity contribution >= 4 is 5.82 Å². The maximum absolute atomic E-state index is 6.04. The first kappa shape index (κ1) is 12.5. The van der Waals surface area contributed by atoms with Crippen molar-refractivity contribution in [2.45, 2.75) is 19.8 Å². The van der Waals surface area contributed by atoms with Gasteiger partial charge < -0.3 is 10.5 Å². The number of hydrogen-bond acceptors (Lipinski definition) is 4. The number of methoxy groups -OCH3 is 1. The fourth-order valence-corrected chi connectivity index (χ4v) is 2.04. The molecule has 2 rings (SSSR count). The zero-order valence-electron chi connectivity index (χ0n) is 11.3. The van der Waals surface area contributed by atoms with E-state index in [1.54, 1.807) is 16.5 Å². The minimum atomic E-state index is 0.705. The van der Waals surface area contributed by atoms with Gasteiger partial charge >= 0.3 is 0 Å². The Morgan fingerprint density at radius 2 is 2.00 bits per heavy atom. The van der Waals surface area contributed by atoms with Crippen molar-refractivity contribution in [3.05, 3.63) is 11.6 Å². The number of rotatable bonds is 4. The van der Waals surface area contributed by atoms with Crippen LogP contribution in [0.5, 0.6) is 5.88 Å². The Kier molecular flexibility index (Phi) is 3.27. The summed E-state index contributed by atoms with van der Waals surface area (Å²) in [7, 11) is 5.31. The highest BCUT2D eigenvalue weighted by molar-refractivity contribution is 5.66. The maximum Gasteiger partial charge on any atom is 0.211 e. The lowest BCUT2D eigenvalue weighted by atomic mass is 10.1. The van der Waals surface area contributed by atoms with Gasteiger partial charge in [0.1, 0.15) is 17.2 Å². The fourth-order valence-electron chi connectivity index (χ4n) is 2.04. The van der Waals surface area contributed by atoms with E-state index in [1.165, 1.54) is 0 Å². The molecule has 2 aromatic rings. The van der Waals surface area contributed by atoms with Gasteiger partial charge in [-0.2, -0.15) is 10.2 Å². The Labute approximate surface area is 106 Å². The first-order chi connectivity index (χ1) is 8.58. The number of nitrogens with zero attached hydrogens (tertiary/aromatic N) is 4. The number of nitrogens with two attached hydrogens (primary N) is 1. The zero-order valence-corrected chi connectivity index (χ0v) is 11.3. The fraction of sp³-hybridized carbons (Fsp3) is 0.500. The van der Waals surface area contributed by atoms with E-state index in [1.807, 2.05) is 20.2 Å². The molecular formula is C12H19N5O. The van der Waals surface area contributed by atoms with Crippen LogP contribution in [0.15, 0.2) is 6.07 Å². The summed E-state index contributed by atoms with van der Waals surface area (Å²) in [5, 5.41) is 8.86. The van der Waals surface area contributed by atoms with Crippen LogP contribution in [0, 0.1) is 0 Å². The molecule has 0 radical (unpaired) electrons. The van der Waals surface area contributed by atoms with E-state index in [9.17, 15) is 0 Å². The lowest BCUT2D eigenvalue weighted by Gasteiger charge is -1.99. The molecule has 6 nitrogen and oxygen atoms in total. The highest BCUT2D eigenvalue weighted by Crippen LogP contribution is 2.29. The maximum atomic E-state index is 6.04. The van der Waals surface area contributed by atoms with Gasteiger partial charge in [-0.15, -0.1) is 0 Å². The Bertz CT molecular complexity index is 555. The average molecular weight is 249 g/mol. The average Bonchev–Trinajstić information content (AvgIpc) is 2.84. The topological polar surface area (TPSA) is 70.9 Å². The molecule has 0 saturated heterocycles. The third kappa shape index (κ3) is 1.94. The minimum absolute atomic E-state index is 0.705. The van der Waals surface area contributed by atoms with Crippen LogP contribution < -0.4 is 10.5 Å². The summed E-state index contributed by atoms with van der Waals surface area (Å²) in [4.78, 5) is 0. The third-order valence-corrected chi connectivity index (χ3v) is 2.98. The van der Waals surface area contributed by atoms with Gasteiger partial charge in [-0.3, -0.25) is 4.68 Å². The number of hydrogen-bond donors (Lipinski definition) is 1. The number of nitrogen functional groups attached to an aromatic ring is 1. The number of ether oxygens (including phenoxy) is 1. The number of aromatic nitrogens is 4. The standard InChI is InChI=1S/C12H19N5O/c1-5-6-8-11(15-17(3)12(8)13)9-7-10(18-4)16(2)14-9/h7H,5-6,13H2,1-4H3. The van der Waals surface area contributed by atoms with Crippen molar-refractivity contribution in [1.29, 1.82) is 0 Å². The van der Waals surface area contributed by atoms with Crippen LogP contribution >= 0.6 is 0 Å². The van der Waals surface area contributed by atoms with E-state index in [2.05, 4.69) is 17.1 Å². The van der Waals surface area contributed by atoms with Gasteiger partial charge in [0.05, 0.1) is 7.11 Å². The molecule has 0 aliphatic carbocycles. The molecule has 18 heavy (non-hydrogen) atoms. The molecular weight excluding hydrogens is 230 g/mol. The minimum Gasteiger partial charge on any atom is -0.481 e. The van der Waals surface area contributed by atoms with Gasteiger partial charge in [0.2, 0.25) is 5.88 Å². The summed E-state index contributed by atoms with van der Waals surface area (Å²) in [6.07, 6.45) is 1.92. The predicted molar refractivity (Wildman–Crippen MR) is 70.4 cm³/mol. The Balaban J connectivity index is 2.52. The Morgan fingerprint density at radius 1 is 1.28 bits per heavy atom. The van der Waals surface area contributed by atoms with E-state index < -0.39 is 0 Å². The molecule has 0 unspecified atom stereocenters. The van der Waals surface area contributed by atoms with Crippen LogP contribution in [0.4, 0.5) is 5.82 Å². The third-order valence-electron chi connectivity index (χ3n) is 2.98. The van der Waals surface area contributed by atoms with E-state index in [-0.39, 0.29) is 0 Å². The van der Waals surface area contributed by atoms with Crippen molar-refractivity contribution in [2.24, 2.45) is 14.1 Å². The van der Waals surface area contributed by atoms with E-state index in [0.717, 1.165) is 29.8 Å². The Hall–Kier alpha value is -1.98. The Morgan fingerprint density at radius 3 is 2.56 bits per heavy atom. The molecule has 2 aromatic heterocycles. The molecule has 0 bridgehead atoms. The van der Waals surface area contributed by atoms with Gasteiger partial charge in [0.25, 0.3) is 0 Å². The summed E-state index contributed by atoms with van der Waals surface area (Å²) in [6.45, 7) is 2.12. The van der Waals surface area contributed by atoms with Crippen molar-refractivity contribution in [3.8, 4) is 17.3 Å². The second kappa shape index (κ2) is 4.72. The lowest BCUT2D eigenvalue weighted by molar-refractivity contribution is 0.373. The second-order valence-corrected chi connectivity index (χ2v) is 4.28. The largest absolute Gasteiger partial charge is 0.481 e. The zero-order chi connectivity index (χ0) is 13.3. The molecule has 0 aliphatic rings. The van der Waals surface area contributed by atoms with Gasteiger partial charge in [0.15, 0.2) is 0 Å². The molecule has 0 atom stereocenters. The monoisotopic (exact) mass is 249 g/mol. The van der Waals surface area contributed by atoms with Crippen LogP contribution in [-0.4, -0.2) is 26.7 Å². The lowest BCUT2D eigenvalue weighted by Crippen LogP contribution is -1.99. The van der Waals surface area contributed by atoms with Gasteiger partial charge in [-0.25, -0.2) is 4.68 Å². The number of aryl methyl sites for hydroxylation is 2. The summed E-state index contributed by atoms with van der Waals surface area (Å²) in [6, 6.07) is 1.88. The summed E-state index contributed by atoms with van der Waals surface area (Å²) in [5.74, 6) is 1.41. The van der Waals surface area contributed by atoms with Crippen molar-refractivity contribution in [2.75, 3.05) is 12.8 Å². The molecule has 2 heterocycles. The van der Waals surface area contributed by atoms with E-state index >= 15 is 0 Å². The predicted octanol–water partition coefficient (Wildman–Crippen LogP) is 1.36. The molecule has 0 saturated carbocycles. The molecule has 0 aromatic carbocycles. The molecule has 98 valence electrons. The summed E-state index contributed by atoms with van der Waals surface area (Å²) in [5.41, 5.74) is 8.73. The highest BCUT2D eigenvalue weighted by atomic mass is 16.5. The van der Waals surface area contributed by atoms with Crippen molar-refractivity contribution in [3.63, 3.8) is 0 Å². The molecule has 0 fully saturated rings. The van der Waals surface area contributed by atoms with Crippen LogP contribution in [-0.2, 0) is 20.5 Å². The number of anilines is 1. The molecule has 0 amide bonds. The van der Waals surface area contributed by atoms with Gasteiger partial charge in [-0.05, 0) is 6.42 Å². The van der Waals surface area contributed by atoms with Crippen molar-refractivity contribution in [1.82, 2.24) is 19.6 Å². The smallest absolute Gasteiger partial charge is 0.211 e. The molecule has 2 N–H and O–H groups in total. The first-order valence-corrected chi connectivity index (χ1v) is 5.98. The normalized spacial score (nSPS) is 10.9. The SMILES string of the molecule is CCCc1c(-c2cc(OC)n(C)n2)nn(C)c1N. The molecule has 6 heteroatoms. The molecule has 0 spiro atoms. The highest BCUT2D eigenvalue weighted by Gasteiger charge is 2.18. The second-order valence-electron chi connectivity index (χ2n) is 4.28. The quantitative estimate of drug-likeness (QED) is 0.888. The first-order valence-electron chi connectivity index (χ1n) is 5.98. The van der Waals surface area contributed by atoms with Crippen molar-refractivity contribution < 1.29 is 4.74 Å².